The van der Waals surface area contributed by atoms with Crippen molar-refractivity contribution in [3.63, 3.8) is 0 Å². The Kier molecular flexibility index (Phi) is 10.1. The number of aliphatic imine (C=N–C) groups is 1. The maximum absolute atomic E-state index is 11.6. The number of hydrogen-bond donors (Lipinski definition) is 2. The third-order valence-corrected chi connectivity index (χ3v) is 3.95. The fourth-order valence-corrected chi connectivity index (χ4v) is 2.46. The van der Waals surface area contributed by atoms with Gasteiger partial charge in [0.2, 0.25) is 0 Å². The van der Waals surface area contributed by atoms with E-state index < -0.39 is 0 Å². The van der Waals surface area contributed by atoms with Gasteiger partial charge in [-0.2, -0.15) is 0 Å². The van der Waals surface area contributed by atoms with Crippen LogP contribution in [0.2, 0.25) is 0 Å². The summed E-state index contributed by atoms with van der Waals surface area (Å²) in [5, 5.41) is 5.97. The number of benzene rings is 1. The van der Waals surface area contributed by atoms with Crippen molar-refractivity contribution in [2.75, 3.05) is 27.2 Å². The fraction of sp³-hybridized carbons (Fsp3) is 0.500. The lowest BCUT2D eigenvalue weighted by atomic mass is 10.1. The van der Waals surface area contributed by atoms with E-state index in [2.05, 4.69) is 36.1 Å². The number of carbonyl (C=O) groups is 1. The summed E-state index contributed by atoms with van der Waals surface area (Å²) >= 11 is 0. The quantitative estimate of drug-likeness (QED) is 0.297. The first kappa shape index (κ1) is 20.7. The minimum absolute atomic E-state index is 0.0698. The zero-order valence-electron chi connectivity index (χ0n) is 15.8. The van der Waals surface area contributed by atoms with Crippen LogP contribution in [0.15, 0.2) is 41.9 Å². The Hall–Kier alpha value is -2.30. The van der Waals surface area contributed by atoms with Gasteiger partial charge in [-0.1, -0.05) is 24.6 Å². The van der Waals surface area contributed by atoms with E-state index in [4.69, 9.17) is 4.99 Å². The summed E-state index contributed by atoms with van der Waals surface area (Å²) in [5.41, 5.74) is 1.75. The molecule has 5 heteroatoms. The van der Waals surface area contributed by atoms with Crippen molar-refractivity contribution >= 4 is 11.9 Å². The lowest BCUT2D eigenvalue weighted by Crippen LogP contribution is -2.39. The number of allylic oxidation sites excluding steroid dienone is 1. The monoisotopic (exact) mass is 344 g/mol. The van der Waals surface area contributed by atoms with Crippen LogP contribution in [0, 0.1) is 0 Å². The van der Waals surface area contributed by atoms with Gasteiger partial charge in [-0.25, -0.2) is 4.99 Å². The Morgan fingerprint density at radius 2 is 1.96 bits per heavy atom. The molecule has 0 spiro atoms. The van der Waals surface area contributed by atoms with Crippen molar-refractivity contribution in [2.24, 2.45) is 4.99 Å². The molecule has 0 saturated heterocycles. The number of rotatable bonds is 10. The molecular weight excluding hydrogens is 312 g/mol. The van der Waals surface area contributed by atoms with E-state index in [1.54, 1.807) is 7.05 Å². The molecule has 25 heavy (non-hydrogen) atoms. The maximum Gasteiger partial charge on any atom is 0.251 e. The van der Waals surface area contributed by atoms with Crippen LogP contribution in [-0.2, 0) is 6.54 Å². The van der Waals surface area contributed by atoms with Crippen LogP contribution >= 0.6 is 0 Å². The third kappa shape index (κ3) is 7.88. The van der Waals surface area contributed by atoms with E-state index in [1.165, 1.54) is 12.8 Å². The van der Waals surface area contributed by atoms with Crippen LogP contribution in [-0.4, -0.2) is 44.0 Å². The summed E-state index contributed by atoms with van der Waals surface area (Å²) < 4.78 is 0. The van der Waals surface area contributed by atoms with Gasteiger partial charge in [0.1, 0.15) is 0 Å². The zero-order valence-corrected chi connectivity index (χ0v) is 15.8. The second-order valence-corrected chi connectivity index (χ2v) is 6.01. The van der Waals surface area contributed by atoms with Crippen LogP contribution in [0.1, 0.15) is 48.5 Å². The Bertz CT molecular complexity index is 551. The Morgan fingerprint density at radius 3 is 2.56 bits per heavy atom. The summed E-state index contributed by atoms with van der Waals surface area (Å²) in [5.74, 6) is 0.848. The number of amides is 1. The molecule has 0 heterocycles. The van der Waals surface area contributed by atoms with E-state index in [9.17, 15) is 4.79 Å². The van der Waals surface area contributed by atoms with Gasteiger partial charge in [-0.3, -0.25) is 4.79 Å². The number of nitrogens with one attached hydrogen (secondary N) is 2. The lowest BCUT2D eigenvalue weighted by molar-refractivity contribution is 0.0963. The second kappa shape index (κ2) is 12.1. The molecule has 0 unspecified atom stereocenters. The van der Waals surface area contributed by atoms with E-state index in [-0.39, 0.29) is 5.91 Å². The first-order valence-electron chi connectivity index (χ1n) is 9.03. The highest BCUT2D eigenvalue weighted by Gasteiger charge is 2.06. The van der Waals surface area contributed by atoms with E-state index in [1.807, 2.05) is 30.3 Å². The highest BCUT2D eigenvalue weighted by atomic mass is 16.1. The molecule has 138 valence electrons. The summed E-state index contributed by atoms with van der Waals surface area (Å²) in [4.78, 5) is 18.5. The number of carbonyl (C=O) groups excluding carboxylic acids is 1. The topological polar surface area (TPSA) is 56.7 Å². The fourth-order valence-electron chi connectivity index (χ4n) is 2.46. The van der Waals surface area contributed by atoms with Crippen LogP contribution in [0.4, 0.5) is 0 Å². The maximum atomic E-state index is 11.6. The molecular formula is C20H32N4O. The molecule has 0 aromatic heterocycles. The molecule has 0 saturated carbocycles. The highest BCUT2D eigenvalue weighted by Crippen LogP contribution is 2.07. The van der Waals surface area contributed by atoms with Crippen LogP contribution in [0.5, 0.6) is 0 Å². The Balaban J connectivity index is 2.58. The second-order valence-electron chi connectivity index (χ2n) is 6.01. The van der Waals surface area contributed by atoms with Crippen LogP contribution in [0.25, 0.3) is 0 Å². The molecule has 0 radical (unpaired) electrons. The molecule has 5 nitrogen and oxygen atoms in total. The van der Waals surface area contributed by atoms with Crippen molar-refractivity contribution in [3.8, 4) is 0 Å². The highest BCUT2D eigenvalue weighted by molar-refractivity contribution is 5.93. The van der Waals surface area contributed by atoms with Gasteiger partial charge >= 0.3 is 0 Å². The molecule has 0 fully saturated rings. The largest absolute Gasteiger partial charge is 0.357 e. The van der Waals surface area contributed by atoms with Crippen LogP contribution < -0.4 is 10.6 Å². The Morgan fingerprint density at radius 1 is 1.24 bits per heavy atom. The van der Waals surface area contributed by atoms with E-state index in [0.717, 1.165) is 37.5 Å². The number of guanidine groups is 1. The van der Waals surface area contributed by atoms with Gasteiger partial charge in [0.15, 0.2) is 5.96 Å². The molecule has 0 aliphatic heterocycles. The van der Waals surface area contributed by atoms with E-state index >= 15 is 0 Å². The predicted molar refractivity (Wildman–Crippen MR) is 106 cm³/mol. The van der Waals surface area contributed by atoms with Gasteiger partial charge in [-0.05, 0) is 43.9 Å². The smallest absolute Gasteiger partial charge is 0.251 e. The van der Waals surface area contributed by atoms with Gasteiger partial charge in [0, 0.05) is 32.7 Å². The lowest BCUT2D eigenvalue weighted by Gasteiger charge is -2.22. The Labute approximate surface area is 152 Å². The van der Waals surface area contributed by atoms with Crippen molar-refractivity contribution < 1.29 is 4.79 Å². The standard InChI is InChI=1S/C20H32N4O/c1-5-7-8-9-10-15-24(4)20(22-6-2)23-16-17-11-13-18(14-12-17)19(25)21-3/h5,11-14H,1,6-10,15-16H2,2-4H3,(H,21,25)(H,22,23). The minimum atomic E-state index is -0.0698. The zero-order chi connectivity index (χ0) is 18.5. The molecule has 1 amide bonds. The van der Waals surface area contributed by atoms with Gasteiger partial charge in [0.05, 0.1) is 6.54 Å². The first-order chi connectivity index (χ1) is 12.1. The molecule has 0 aliphatic carbocycles. The normalized spacial score (nSPS) is 11.1. The molecule has 0 bridgehead atoms. The van der Waals surface area contributed by atoms with Crippen molar-refractivity contribution in [3.05, 3.63) is 48.0 Å². The van der Waals surface area contributed by atoms with E-state index in [0.29, 0.717) is 12.1 Å². The van der Waals surface area contributed by atoms with Crippen molar-refractivity contribution in [2.45, 2.75) is 39.2 Å². The van der Waals surface area contributed by atoms with Gasteiger partial charge < -0.3 is 15.5 Å². The SMILES string of the molecule is C=CCCCCCN(C)C(=NCc1ccc(C(=O)NC)cc1)NCC. The number of nitrogens with zero attached hydrogens (tertiary/aromatic N) is 2. The average molecular weight is 345 g/mol. The first-order valence-corrected chi connectivity index (χ1v) is 9.03. The average Bonchev–Trinajstić information content (AvgIpc) is 2.64. The molecule has 1 aromatic carbocycles. The predicted octanol–water partition coefficient (Wildman–Crippen LogP) is 3.19. The molecule has 0 aliphatic rings. The molecule has 0 atom stereocenters. The van der Waals surface area contributed by atoms with Crippen molar-refractivity contribution in [1.82, 2.24) is 15.5 Å². The summed E-state index contributed by atoms with van der Waals surface area (Å²) in [6, 6.07) is 7.57. The molecule has 1 rings (SSSR count). The third-order valence-electron chi connectivity index (χ3n) is 3.95. The minimum Gasteiger partial charge on any atom is -0.357 e. The van der Waals surface area contributed by atoms with Crippen molar-refractivity contribution in [1.29, 1.82) is 0 Å². The summed E-state index contributed by atoms with van der Waals surface area (Å²) in [6.45, 7) is 8.25. The summed E-state index contributed by atoms with van der Waals surface area (Å²) in [6.07, 6.45) is 6.61. The number of unbranched alkanes of at least 4 members (excludes halogenated alkanes) is 3. The number of hydrogen-bond acceptors (Lipinski definition) is 2. The van der Waals surface area contributed by atoms with Gasteiger partial charge in [-0.15, -0.1) is 6.58 Å². The van der Waals surface area contributed by atoms with Crippen LogP contribution in [0.3, 0.4) is 0 Å². The molecule has 1 aromatic rings. The summed E-state index contributed by atoms with van der Waals surface area (Å²) in [7, 11) is 3.71. The molecule has 2 N–H and O–H groups in total. The van der Waals surface area contributed by atoms with Gasteiger partial charge in [0.25, 0.3) is 5.91 Å².